The summed E-state index contributed by atoms with van der Waals surface area (Å²) in [6.07, 6.45) is 5.24. The molecule has 1 unspecified atom stereocenters. The van der Waals surface area contributed by atoms with Crippen molar-refractivity contribution in [2.45, 2.75) is 33.1 Å². The molecule has 0 aliphatic heterocycles. The Morgan fingerprint density at radius 3 is 2.60 bits per heavy atom. The summed E-state index contributed by atoms with van der Waals surface area (Å²) >= 11 is 2.07. The number of aryl methyl sites for hydroxylation is 3. The fraction of sp³-hybridized carbons (Fsp3) is 0.189. The predicted octanol–water partition coefficient (Wildman–Crippen LogP) is 8.37. The molecular formula is C37H30N4OPt-2. The SMILES string of the molecule is [2H]C([2H])([2H])n1[c](=[Pt])n(-c2[c-]c(Oc3[c-]c4c(cc3)c3cc5c(cc3n4-c3cc(C)ccn3)CCC(C)C5)ccc2)c2ccccc21. The molecular weight excluding hydrogens is 712 g/mol. The molecule has 7 aromatic rings. The monoisotopic (exact) mass is 744 g/mol. The molecule has 0 amide bonds. The number of para-hydroxylation sites is 2. The number of hydrogen-bond acceptors (Lipinski definition) is 2. The quantitative estimate of drug-likeness (QED) is 0.170. The van der Waals surface area contributed by atoms with Crippen LogP contribution in [0.3, 0.4) is 0 Å². The van der Waals surface area contributed by atoms with Crippen molar-refractivity contribution in [2.75, 3.05) is 0 Å². The normalized spacial score (nSPS) is 16.3. The molecule has 3 aromatic heterocycles. The van der Waals surface area contributed by atoms with Gasteiger partial charge in [-0.3, -0.25) is 0 Å². The van der Waals surface area contributed by atoms with E-state index in [1.807, 2.05) is 65.4 Å². The Morgan fingerprint density at radius 2 is 1.74 bits per heavy atom. The molecule has 3 heterocycles. The van der Waals surface area contributed by atoms with Crippen LogP contribution in [0.1, 0.15) is 34.1 Å². The second kappa shape index (κ2) is 10.2. The molecule has 0 saturated heterocycles. The van der Waals surface area contributed by atoms with Gasteiger partial charge in [0.05, 0.1) is 0 Å². The van der Waals surface area contributed by atoms with Crippen LogP contribution >= 0.6 is 0 Å². The molecule has 0 fully saturated rings. The number of fused-ring (bicyclic) bond motifs is 5. The van der Waals surface area contributed by atoms with E-state index in [-0.39, 0.29) is 0 Å². The molecule has 0 bridgehead atoms. The van der Waals surface area contributed by atoms with Crippen LogP contribution in [-0.4, -0.2) is 18.7 Å². The first kappa shape index (κ1) is 23.3. The van der Waals surface area contributed by atoms with Crippen molar-refractivity contribution in [3.63, 3.8) is 0 Å². The van der Waals surface area contributed by atoms with Gasteiger partial charge in [0.15, 0.2) is 0 Å². The van der Waals surface area contributed by atoms with Gasteiger partial charge in [-0.1, -0.05) is 6.92 Å². The van der Waals surface area contributed by atoms with Gasteiger partial charge in [-0.15, -0.1) is 0 Å². The fourth-order valence-electron chi connectivity index (χ4n) is 6.39. The molecule has 43 heavy (non-hydrogen) atoms. The van der Waals surface area contributed by atoms with Gasteiger partial charge in [0.2, 0.25) is 0 Å². The second-order valence-electron chi connectivity index (χ2n) is 11.5. The van der Waals surface area contributed by atoms with Gasteiger partial charge in [0.1, 0.15) is 0 Å². The molecule has 0 spiro atoms. The van der Waals surface area contributed by atoms with Crippen LogP contribution in [0.5, 0.6) is 11.5 Å². The Kier molecular flexibility index (Phi) is 5.52. The van der Waals surface area contributed by atoms with Crippen LogP contribution in [-0.2, 0) is 39.2 Å². The first-order chi connectivity index (χ1) is 22.2. The number of aromatic nitrogens is 4. The third-order valence-corrected chi connectivity index (χ3v) is 9.51. The Bertz CT molecular complexity index is 2380. The van der Waals surface area contributed by atoms with Crippen LogP contribution in [0.2, 0.25) is 0 Å². The molecule has 0 N–H and O–H groups in total. The summed E-state index contributed by atoms with van der Waals surface area (Å²) in [6, 6.07) is 33.0. The number of pyridine rings is 1. The number of rotatable bonds is 4. The van der Waals surface area contributed by atoms with Crippen LogP contribution in [0.25, 0.3) is 44.3 Å². The predicted molar refractivity (Wildman–Crippen MR) is 168 cm³/mol. The zero-order chi connectivity index (χ0) is 31.7. The first-order valence-corrected chi connectivity index (χ1v) is 15.6. The van der Waals surface area contributed by atoms with E-state index in [1.54, 1.807) is 0 Å². The van der Waals surface area contributed by atoms with Crippen LogP contribution in [0.15, 0.2) is 85.1 Å². The van der Waals surface area contributed by atoms with E-state index in [9.17, 15) is 0 Å². The van der Waals surface area contributed by atoms with E-state index in [1.165, 1.54) is 27.5 Å². The zero-order valence-corrected chi connectivity index (χ0v) is 26.1. The summed E-state index contributed by atoms with van der Waals surface area (Å²) in [6.45, 7) is 2.09. The van der Waals surface area contributed by atoms with E-state index in [4.69, 9.17) is 13.8 Å². The molecule has 6 heteroatoms. The zero-order valence-electron chi connectivity index (χ0n) is 26.8. The van der Waals surface area contributed by atoms with Crippen molar-refractivity contribution < 1.29 is 28.2 Å². The fourth-order valence-corrected chi connectivity index (χ4v) is 7.21. The van der Waals surface area contributed by atoms with E-state index in [0.29, 0.717) is 32.4 Å². The van der Waals surface area contributed by atoms with Gasteiger partial charge >= 0.3 is 198 Å². The van der Waals surface area contributed by atoms with E-state index in [2.05, 4.69) is 74.2 Å². The van der Waals surface area contributed by atoms with Gasteiger partial charge in [-0.05, 0) is 54.9 Å². The Labute approximate surface area is 265 Å². The molecule has 1 aliphatic rings. The number of hydrogen-bond donors (Lipinski definition) is 0. The summed E-state index contributed by atoms with van der Waals surface area (Å²) in [7, 11) is 0. The van der Waals surface area contributed by atoms with Gasteiger partial charge in [-0.2, -0.15) is 0 Å². The number of ether oxygens (including phenoxy) is 1. The Hall–Kier alpha value is -4.21. The van der Waals surface area contributed by atoms with Crippen LogP contribution in [0, 0.1) is 28.8 Å². The standard InChI is InChI=1S/C37H30N4O.Pt/c1-24-11-12-26-20-35-32(19-27(26)17-24)31-14-13-30(22-36(31)41(35)37-18-25(2)15-16-38-37)42-29-8-6-7-28(21-29)40-23-39(3)33-9-4-5-10-34(33)40;/h4-10,13-16,18-20,24H,11-12,17H2,1-3H3;/q-2;/i3D3;. The van der Waals surface area contributed by atoms with Gasteiger partial charge in [0, 0.05) is 6.20 Å². The van der Waals surface area contributed by atoms with E-state index >= 15 is 0 Å². The van der Waals surface area contributed by atoms with Gasteiger partial charge < -0.3 is 0 Å². The topological polar surface area (TPSA) is 36.9 Å². The van der Waals surface area contributed by atoms with Crippen molar-refractivity contribution in [1.29, 1.82) is 0 Å². The maximum absolute atomic E-state index is 8.15. The van der Waals surface area contributed by atoms with Crippen molar-refractivity contribution in [3.8, 4) is 23.0 Å². The summed E-state index contributed by atoms with van der Waals surface area (Å²) in [5, 5.41) is 2.30. The number of nitrogens with zero attached hydrogens (tertiary/aromatic N) is 4. The van der Waals surface area contributed by atoms with E-state index in [0.717, 1.165) is 46.2 Å². The van der Waals surface area contributed by atoms with Crippen LogP contribution in [0.4, 0.5) is 0 Å². The first-order valence-electron chi connectivity index (χ1n) is 16.0. The molecule has 1 atom stereocenters. The summed E-state index contributed by atoms with van der Waals surface area (Å²) in [5.41, 5.74) is 8.09. The molecule has 8 rings (SSSR count). The second-order valence-corrected chi connectivity index (χ2v) is 12.5. The Balaban J connectivity index is 1.25. The summed E-state index contributed by atoms with van der Waals surface area (Å²) < 4.78 is 36.9. The van der Waals surface area contributed by atoms with Crippen LogP contribution < -0.4 is 4.74 Å². The molecule has 4 aromatic carbocycles. The molecule has 216 valence electrons. The van der Waals surface area contributed by atoms with E-state index < -0.39 is 6.98 Å². The molecule has 5 nitrogen and oxygen atoms in total. The average molecular weight is 745 g/mol. The number of benzene rings is 4. The summed E-state index contributed by atoms with van der Waals surface area (Å²) in [4.78, 5) is 4.77. The minimum absolute atomic E-state index is 0.503. The third kappa shape index (κ3) is 4.41. The van der Waals surface area contributed by atoms with Gasteiger partial charge in [-0.25, -0.2) is 0 Å². The van der Waals surface area contributed by atoms with Crippen molar-refractivity contribution in [1.82, 2.24) is 18.7 Å². The van der Waals surface area contributed by atoms with Gasteiger partial charge in [0.25, 0.3) is 0 Å². The van der Waals surface area contributed by atoms with Crippen molar-refractivity contribution >= 4 is 32.8 Å². The minimum atomic E-state index is -2.33. The third-order valence-electron chi connectivity index (χ3n) is 8.49. The van der Waals surface area contributed by atoms with Crippen molar-refractivity contribution in [2.24, 2.45) is 12.9 Å². The molecule has 0 radical (unpaired) electrons. The van der Waals surface area contributed by atoms with Crippen molar-refractivity contribution in [3.05, 3.63) is 118 Å². The maximum atomic E-state index is 8.15. The molecule has 1 aliphatic carbocycles. The Morgan fingerprint density at radius 1 is 0.884 bits per heavy atom. The average Bonchev–Trinajstić information content (AvgIpc) is 3.50. The summed E-state index contributed by atoms with van der Waals surface area (Å²) in [5.74, 6) is 2.59. The number of imidazole rings is 1. The molecule has 0 saturated carbocycles.